The molecular formula is C12H14ClN3. The van der Waals surface area contributed by atoms with Crippen LogP contribution in [0.1, 0.15) is 11.6 Å². The van der Waals surface area contributed by atoms with Gasteiger partial charge < -0.3 is 5.73 Å². The van der Waals surface area contributed by atoms with Gasteiger partial charge in [0.15, 0.2) is 0 Å². The maximum absolute atomic E-state index is 9.20. The molecule has 1 aliphatic rings. The zero-order chi connectivity index (χ0) is 11.5. The van der Waals surface area contributed by atoms with E-state index >= 15 is 0 Å². The van der Waals surface area contributed by atoms with Gasteiger partial charge in [-0.15, -0.1) is 0 Å². The molecule has 1 heterocycles. The van der Waals surface area contributed by atoms with E-state index in [1.807, 2.05) is 24.3 Å². The molecule has 3 nitrogen and oxygen atoms in total. The molecule has 0 bridgehead atoms. The van der Waals surface area contributed by atoms with Crippen molar-refractivity contribution < 1.29 is 0 Å². The first-order valence-corrected chi connectivity index (χ1v) is 5.71. The highest BCUT2D eigenvalue weighted by atomic mass is 35.5. The van der Waals surface area contributed by atoms with E-state index in [0.717, 1.165) is 18.7 Å². The van der Waals surface area contributed by atoms with E-state index in [2.05, 4.69) is 11.0 Å². The molecule has 1 aromatic carbocycles. The van der Waals surface area contributed by atoms with Crippen LogP contribution >= 0.6 is 11.6 Å². The standard InChI is InChI=1S/C12H14ClN3/c13-11-3-1-2-10(4-11)12(6-15)16-7-9(5-14)8-16/h1-4,9,12H,5,7-8,14H2/t12-/m1/s1. The van der Waals surface area contributed by atoms with Crippen molar-refractivity contribution >= 4 is 11.6 Å². The second-order valence-electron chi connectivity index (χ2n) is 4.14. The fraction of sp³-hybridized carbons (Fsp3) is 0.417. The van der Waals surface area contributed by atoms with Gasteiger partial charge in [-0.25, -0.2) is 0 Å². The molecule has 84 valence electrons. The van der Waals surface area contributed by atoms with Crippen molar-refractivity contribution in [2.45, 2.75) is 6.04 Å². The van der Waals surface area contributed by atoms with Crippen molar-refractivity contribution in [3.63, 3.8) is 0 Å². The third-order valence-corrected chi connectivity index (χ3v) is 3.21. The summed E-state index contributed by atoms with van der Waals surface area (Å²) in [5.41, 5.74) is 6.53. The van der Waals surface area contributed by atoms with Crippen LogP contribution in [-0.2, 0) is 0 Å². The Morgan fingerprint density at radius 2 is 2.31 bits per heavy atom. The van der Waals surface area contributed by atoms with Crippen LogP contribution in [-0.4, -0.2) is 24.5 Å². The summed E-state index contributed by atoms with van der Waals surface area (Å²) in [7, 11) is 0. The SMILES string of the molecule is N#C[C@H](c1cccc(Cl)c1)N1CC(CN)C1. The Bertz CT molecular complexity index is 407. The molecule has 2 N–H and O–H groups in total. The molecule has 2 rings (SSSR count). The van der Waals surface area contributed by atoms with Crippen LogP contribution in [0.5, 0.6) is 0 Å². The number of rotatable bonds is 3. The van der Waals surface area contributed by atoms with Crippen molar-refractivity contribution in [2.75, 3.05) is 19.6 Å². The lowest BCUT2D eigenvalue weighted by molar-refractivity contribution is 0.0799. The number of likely N-dealkylation sites (tertiary alicyclic amines) is 1. The molecule has 0 aliphatic carbocycles. The molecule has 4 heteroatoms. The van der Waals surface area contributed by atoms with E-state index < -0.39 is 0 Å². The fourth-order valence-electron chi connectivity index (χ4n) is 2.01. The van der Waals surface area contributed by atoms with Gasteiger partial charge in [-0.3, -0.25) is 4.90 Å². The Morgan fingerprint density at radius 1 is 1.56 bits per heavy atom. The second kappa shape index (κ2) is 4.84. The molecule has 1 aliphatic heterocycles. The molecule has 0 amide bonds. The van der Waals surface area contributed by atoms with Crippen LogP contribution in [0.15, 0.2) is 24.3 Å². The zero-order valence-electron chi connectivity index (χ0n) is 8.94. The molecule has 0 saturated carbocycles. The first-order valence-electron chi connectivity index (χ1n) is 5.33. The highest BCUT2D eigenvalue weighted by Gasteiger charge is 2.32. The average Bonchev–Trinajstić information content (AvgIpc) is 2.22. The number of halogens is 1. The zero-order valence-corrected chi connectivity index (χ0v) is 9.69. The lowest BCUT2D eigenvalue weighted by atomic mass is 9.95. The summed E-state index contributed by atoms with van der Waals surface area (Å²) in [5, 5.41) is 9.87. The van der Waals surface area contributed by atoms with Crippen molar-refractivity contribution in [1.82, 2.24) is 4.90 Å². The molecule has 0 unspecified atom stereocenters. The summed E-state index contributed by atoms with van der Waals surface area (Å²) in [5.74, 6) is 0.537. The van der Waals surface area contributed by atoms with Crippen LogP contribution < -0.4 is 5.73 Å². The van der Waals surface area contributed by atoms with E-state index in [1.165, 1.54) is 0 Å². The monoisotopic (exact) mass is 235 g/mol. The Morgan fingerprint density at radius 3 is 2.88 bits per heavy atom. The van der Waals surface area contributed by atoms with E-state index in [9.17, 15) is 5.26 Å². The Balaban J connectivity index is 2.10. The van der Waals surface area contributed by atoms with E-state index in [1.54, 1.807) is 0 Å². The smallest absolute Gasteiger partial charge is 0.123 e. The Hall–Kier alpha value is -1.08. The molecule has 1 atom stereocenters. The van der Waals surface area contributed by atoms with Gasteiger partial charge in [-0.1, -0.05) is 23.7 Å². The summed E-state index contributed by atoms with van der Waals surface area (Å²) in [6.07, 6.45) is 0. The molecular weight excluding hydrogens is 222 g/mol. The van der Waals surface area contributed by atoms with Crippen molar-refractivity contribution in [1.29, 1.82) is 5.26 Å². The van der Waals surface area contributed by atoms with E-state index in [-0.39, 0.29) is 6.04 Å². The van der Waals surface area contributed by atoms with Gasteiger partial charge in [-0.2, -0.15) is 5.26 Å². The van der Waals surface area contributed by atoms with Gasteiger partial charge in [-0.05, 0) is 30.2 Å². The molecule has 0 aromatic heterocycles. The molecule has 1 saturated heterocycles. The number of hydrogen-bond donors (Lipinski definition) is 1. The van der Waals surface area contributed by atoms with Crippen molar-refractivity contribution in [3.05, 3.63) is 34.9 Å². The summed E-state index contributed by atoms with van der Waals surface area (Å²) in [4.78, 5) is 2.13. The van der Waals surface area contributed by atoms with Gasteiger partial charge in [0.25, 0.3) is 0 Å². The predicted molar refractivity (Wildman–Crippen MR) is 63.9 cm³/mol. The average molecular weight is 236 g/mol. The minimum atomic E-state index is -0.193. The maximum atomic E-state index is 9.20. The third kappa shape index (κ3) is 2.19. The first-order chi connectivity index (χ1) is 7.74. The topological polar surface area (TPSA) is 53.0 Å². The number of benzene rings is 1. The van der Waals surface area contributed by atoms with Crippen molar-refractivity contribution in [3.8, 4) is 6.07 Å². The van der Waals surface area contributed by atoms with Gasteiger partial charge >= 0.3 is 0 Å². The molecule has 16 heavy (non-hydrogen) atoms. The Labute approximate surface area is 100 Å². The predicted octanol–water partition coefficient (Wildman–Crippen LogP) is 1.80. The number of nitrogens with two attached hydrogens (primary N) is 1. The first kappa shape index (κ1) is 11.4. The molecule has 0 spiro atoms. The van der Waals surface area contributed by atoms with Gasteiger partial charge in [0, 0.05) is 18.1 Å². The van der Waals surface area contributed by atoms with Crippen LogP contribution in [0, 0.1) is 17.2 Å². The Kier molecular flexibility index (Phi) is 3.45. The minimum Gasteiger partial charge on any atom is -0.330 e. The highest BCUT2D eigenvalue weighted by Crippen LogP contribution is 2.28. The second-order valence-corrected chi connectivity index (χ2v) is 4.58. The van der Waals surface area contributed by atoms with Crippen LogP contribution in [0.4, 0.5) is 0 Å². The summed E-state index contributed by atoms with van der Waals surface area (Å²) >= 11 is 5.92. The molecule has 1 aromatic rings. The summed E-state index contributed by atoms with van der Waals surface area (Å²) in [6, 6.07) is 9.61. The normalized spacial score (nSPS) is 18.8. The van der Waals surface area contributed by atoms with Crippen LogP contribution in [0.25, 0.3) is 0 Å². The van der Waals surface area contributed by atoms with E-state index in [4.69, 9.17) is 17.3 Å². The number of nitrogens with zero attached hydrogens (tertiary/aromatic N) is 2. The molecule has 0 radical (unpaired) electrons. The van der Waals surface area contributed by atoms with Gasteiger partial charge in [0.05, 0.1) is 6.07 Å². The van der Waals surface area contributed by atoms with Gasteiger partial charge in [0.2, 0.25) is 0 Å². The maximum Gasteiger partial charge on any atom is 0.123 e. The third-order valence-electron chi connectivity index (χ3n) is 2.97. The minimum absolute atomic E-state index is 0.193. The molecule has 1 fully saturated rings. The highest BCUT2D eigenvalue weighted by molar-refractivity contribution is 6.30. The van der Waals surface area contributed by atoms with Gasteiger partial charge in [0.1, 0.15) is 6.04 Å². The summed E-state index contributed by atoms with van der Waals surface area (Å²) < 4.78 is 0. The largest absolute Gasteiger partial charge is 0.330 e. The number of nitriles is 1. The lowest BCUT2D eigenvalue weighted by Gasteiger charge is -2.41. The van der Waals surface area contributed by atoms with Crippen molar-refractivity contribution in [2.24, 2.45) is 11.7 Å². The lowest BCUT2D eigenvalue weighted by Crippen LogP contribution is -2.50. The summed E-state index contributed by atoms with van der Waals surface area (Å²) in [6.45, 7) is 2.51. The van der Waals surface area contributed by atoms with Crippen LogP contribution in [0.3, 0.4) is 0 Å². The number of hydrogen-bond acceptors (Lipinski definition) is 3. The quantitative estimate of drug-likeness (QED) is 0.869. The fourth-order valence-corrected chi connectivity index (χ4v) is 2.21. The van der Waals surface area contributed by atoms with E-state index in [0.29, 0.717) is 17.5 Å². The van der Waals surface area contributed by atoms with Crippen LogP contribution in [0.2, 0.25) is 5.02 Å².